The molecule has 0 bridgehead atoms. The van der Waals surface area contributed by atoms with Crippen LogP contribution >= 0.6 is 0 Å². The third kappa shape index (κ3) is 8.25. The number of carbonyl (C=O) groups is 2. The van der Waals surface area contributed by atoms with Gasteiger partial charge in [-0.2, -0.15) is 0 Å². The predicted octanol–water partition coefficient (Wildman–Crippen LogP) is 3.87. The molecule has 1 unspecified atom stereocenters. The zero-order valence-corrected chi connectivity index (χ0v) is 18.5. The summed E-state index contributed by atoms with van der Waals surface area (Å²) in [6, 6.07) is 12.3. The Morgan fingerprint density at radius 2 is 1.59 bits per heavy atom. The Bertz CT molecular complexity index is 917. The van der Waals surface area contributed by atoms with Gasteiger partial charge in [-0.25, -0.2) is 9.59 Å². The van der Waals surface area contributed by atoms with Crippen molar-refractivity contribution in [1.82, 2.24) is 0 Å². The Morgan fingerprint density at radius 3 is 2.12 bits per heavy atom. The van der Waals surface area contributed by atoms with E-state index in [1.165, 1.54) is 24.3 Å². The molecular weight excluding hydrogens is 418 g/mol. The maximum absolute atomic E-state index is 12.4. The summed E-state index contributed by atoms with van der Waals surface area (Å²) in [7, 11) is 0. The number of carbonyl (C=O) groups excluding carboxylic acids is 2. The number of hydrogen-bond acceptors (Lipinski definition) is 8. The third-order valence-electron chi connectivity index (χ3n) is 4.00. The van der Waals surface area contributed by atoms with Gasteiger partial charge in [-0.3, -0.25) is 10.1 Å². The first-order valence-corrected chi connectivity index (χ1v) is 10.1. The Kier molecular flexibility index (Phi) is 8.57. The number of hydrogen-bond donors (Lipinski definition) is 0. The van der Waals surface area contributed by atoms with Gasteiger partial charge in [0, 0.05) is 18.6 Å². The molecule has 0 heterocycles. The summed E-state index contributed by atoms with van der Waals surface area (Å²) in [6.45, 7) is 6.99. The number of ether oxygens (including phenoxy) is 4. The van der Waals surface area contributed by atoms with Crippen molar-refractivity contribution in [2.24, 2.45) is 0 Å². The fourth-order valence-corrected chi connectivity index (χ4v) is 2.67. The molecule has 0 fully saturated rings. The summed E-state index contributed by atoms with van der Waals surface area (Å²) in [5.74, 6) is -0.230. The Hall–Kier alpha value is -3.62. The molecule has 0 amide bonds. The number of rotatable bonds is 10. The van der Waals surface area contributed by atoms with Gasteiger partial charge in [0.15, 0.2) is 12.7 Å². The molecule has 0 saturated heterocycles. The van der Waals surface area contributed by atoms with Crippen LogP contribution in [0.3, 0.4) is 0 Å². The molecule has 32 heavy (non-hydrogen) atoms. The fraction of sp³-hybridized carbons (Fsp3) is 0.391. The molecule has 0 aliphatic carbocycles. The zero-order chi connectivity index (χ0) is 23.7. The summed E-state index contributed by atoms with van der Waals surface area (Å²) < 4.78 is 21.5. The van der Waals surface area contributed by atoms with Crippen LogP contribution in [0.25, 0.3) is 0 Å². The first-order chi connectivity index (χ1) is 15.1. The maximum atomic E-state index is 12.4. The molecule has 0 aromatic heterocycles. The third-order valence-corrected chi connectivity index (χ3v) is 4.00. The highest BCUT2D eigenvalue weighted by atomic mass is 16.6. The molecule has 2 rings (SSSR count). The van der Waals surface area contributed by atoms with E-state index in [4.69, 9.17) is 18.9 Å². The van der Waals surface area contributed by atoms with E-state index < -0.39 is 28.6 Å². The molecule has 0 saturated carbocycles. The molecule has 1 atom stereocenters. The van der Waals surface area contributed by atoms with Gasteiger partial charge in [0.25, 0.3) is 5.69 Å². The van der Waals surface area contributed by atoms with E-state index in [0.29, 0.717) is 11.5 Å². The van der Waals surface area contributed by atoms with Crippen LogP contribution < -0.4 is 9.47 Å². The average Bonchev–Trinajstić information content (AvgIpc) is 2.72. The topological polar surface area (TPSA) is 114 Å². The van der Waals surface area contributed by atoms with Gasteiger partial charge in [-0.05, 0) is 57.5 Å². The first-order valence-electron chi connectivity index (χ1n) is 10.1. The molecule has 9 heteroatoms. The van der Waals surface area contributed by atoms with Crippen LogP contribution in [0.1, 0.15) is 33.3 Å². The van der Waals surface area contributed by atoms with E-state index in [1.54, 1.807) is 52.0 Å². The van der Waals surface area contributed by atoms with Crippen molar-refractivity contribution in [3.8, 4) is 11.5 Å². The van der Waals surface area contributed by atoms with E-state index in [1.807, 2.05) is 0 Å². The van der Waals surface area contributed by atoms with Crippen molar-refractivity contribution in [2.75, 3.05) is 13.2 Å². The number of esters is 2. The SMILES string of the molecule is CCOC(=O)C(Cc1ccc(OCC(=O)OC(C)(C)C)cc1)Oc1ccc([N+](=O)[O-])cc1. The minimum atomic E-state index is -0.940. The smallest absolute Gasteiger partial charge is 0.347 e. The summed E-state index contributed by atoms with van der Waals surface area (Å²) in [6.07, 6.45) is -0.729. The summed E-state index contributed by atoms with van der Waals surface area (Å²) in [4.78, 5) is 34.4. The maximum Gasteiger partial charge on any atom is 0.347 e. The van der Waals surface area contributed by atoms with Crippen molar-refractivity contribution < 1.29 is 33.5 Å². The molecule has 0 radical (unpaired) electrons. The monoisotopic (exact) mass is 445 g/mol. The zero-order valence-electron chi connectivity index (χ0n) is 18.5. The van der Waals surface area contributed by atoms with Crippen molar-refractivity contribution in [3.05, 3.63) is 64.2 Å². The molecule has 0 N–H and O–H groups in total. The van der Waals surface area contributed by atoms with E-state index in [0.717, 1.165) is 5.56 Å². The molecule has 9 nitrogen and oxygen atoms in total. The van der Waals surface area contributed by atoms with Crippen LogP contribution in [0.2, 0.25) is 0 Å². The highest BCUT2D eigenvalue weighted by Crippen LogP contribution is 2.21. The minimum absolute atomic E-state index is 0.0768. The lowest BCUT2D eigenvalue weighted by Crippen LogP contribution is -2.31. The average molecular weight is 445 g/mol. The van der Waals surface area contributed by atoms with Crippen molar-refractivity contribution in [3.63, 3.8) is 0 Å². The molecule has 0 aliphatic heterocycles. The lowest BCUT2D eigenvalue weighted by atomic mass is 10.1. The van der Waals surface area contributed by atoms with Crippen LogP contribution in [-0.2, 0) is 25.5 Å². The Balaban J connectivity index is 2.02. The van der Waals surface area contributed by atoms with Crippen molar-refractivity contribution in [1.29, 1.82) is 0 Å². The molecule has 0 spiro atoms. The number of nitrogens with zero attached hydrogens (tertiary/aromatic N) is 1. The van der Waals surface area contributed by atoms with Crippen LogP contribution in [0, 0.1) is 10.1 Å². The van der Waals surface area contributed by atoms with Crippen molar-refractivity contribution in [2.45, 2.75) is 45.8 Å². The standard InChI is InChI=1S/C23H27NO8/c1-5-29-22(26)20(31-19-12-8-17(9-13-19)24(27)28)14-16-6-10-18(11-7-16)30-15-21(25)32-23(2,3)4/h6-13,20H,5,14-15H2,1-4H3. The largest absolute Gasteiger partial charge is 0.482 e. The second kappa shape index (κ2) is 11.1. The normalized spacial score (nSPS) is 11.9. The minimum Gasteiger partial charge on any atom is -0.482 e. The fourth-order valence-electron chi connectivity index (χ4n) is 2.67. The highest BCUT2D eigenvalue weighted by molar-refractivity contribution is 5.75. The number of nitro benzene ring substituents is 1. The Morgan fingerprint density at radius 1 is 1.00 bits per heavy atom. The molecular formula is C23H27NO8. The van der Waals surface area contributed by atoms with E-state index in [9.17, 15) is 19.7 Å². The number of benzene rings is 2. The number of nitro groups is 1. The number of non-ortho nitro benzene ring substituents is 1. The quantitative estimate of drug-likeness (QED) is 0.308. The van der Waals surface area contributed by atoms with Crippen LogP contribution in [-0.4, -0.2) is 41.8 Å². The molecule has 2 aromatic rings. The van der Waals surface area contributed by atoms with E-state index in [2.05, 4.69) is 0 Å². The van der Waals surface area contributed by atoms with Crippen LogP contribution in [0.4, 0.5) is 5.69 Å². The molecule has 0 aliphatic rings. The van der Waals surface area contributed by atoms with Gasteiger partial charge >= 0.3 is 11.9 Å². The predicted molar refractivity (Wildman–Crippen MR) is 116 cm³/mol. The van der Waals surface area contributed by atoms with Crippen LogP contribution in [0.15, 0.2) is 48.5 Å². The molecule has 172 valence electrons. The van der Waals surface area contributed by atoms with Crippen LogP contribution in [0.5, 0.6) is 11.5 Å². The second-order valence-corrected chi connectivity index (χ2v) is 7.83. The first kappa shape index (κ1) is 24.6. The summed E-state index contributed by atoms with van der Waals surface area (Å²) >= 11 is 0. The van der Waals surface area contributed by atoms with Gasteiger partial charge in [-0.1, -0.05) is 12.1 Å². The second-order valence-electron chi connectivity index (χ2n) is 7.83. The van der Waals surface area contributed by atoms with E-state index in [-0.39, 0.29) is 25.3 Å². The summed E-state index contributed by atoms with van der Waals surface area (Å²) in [5.41, 5.74) is 0.109. The van der Waals surface area contributed by atoms with Gasteiger partial charge in [0.05, 0.1) is 11.5 Å². The molecule has 2 aromatic carbocycles. The summed E-state index contributed by atoms with van der Waals surface area (Å²) in [5, 5.41) is 10.8. The lowest BCUT2D eigenvalue weighted by Gasteiger charge is -2.19. The van der Waals surface area contributed by atoms with Gasteiger partial charge in [0.1, 0.15) is 17.1 Å². The lowest BCUT2D eigenvalue weighted by molar-refractivity contribution is -0.384. The highest BCUT2D eigenvalue weighted by Gasteiger charge is 2.23. The van der Waals surface area contributed by atoms with Gasteiger partial charge in [-0.15, -0.1) is 0 Å². The Labute approximate surface area is 186 Å². The van der Waals surface area contributed by atoms with Gasteiger partial charge < -0.3 is 18.9 Å². The van der Waals surface area contributed by atoms with E-state index >= 15 is 0 Å². The van der Waals surface area contributed by atoms with Crippen molar-refractivity contribution >= 4 is 17.6 Å². The van der Waals surface area contributed by atoms with Gasteiger partial charge in [0.2, 0.25) is 0 Å².